The van der Waals surface area contributed by atoms with Crippen LogP contribution in [-0.4, -0.2) is 6.61 Å². The van der Waals surface area contributed by atoms with Crippen molar-refractivity contribution in [2.75, 3.05) is 6.61 Å². The normalized spacial score (nSPS) is 19.5. The van der Waals surface area contributed by atoms with Crippen molar-refractivity contribution < 1.29 is 9.47 Å². The van der Waals surface area contributed by atoms with Crippen molar-refractivity contribution >= 4 is 0 Å². The van der Waals surface area contributed by atoms with Crippen molar-refractivity contribution in [2.24, 2.45) is 0 Å². The molecule has 0 unspecified atom stereocenters. The van der Waals surface area contributed by atoms with Gasteiger partial charge in [-0.3, -0.25) is 0 Å². The second kappa shape index (κ2) is 4.61. The molecule has 0 aliphatic carbocycles. The van der Waals surface area contributed by atoms with Crippen molar-refractivity contribution in [3.05, 3.63) is 36.5 Å². The van der Waals surface area contributed by atoms with Gasteiger partial charge < -0.3 is 9.47 Å². The Morgan fingerprint density at radius 1 is 1.73 bits per heavy atom. The predicted molar refractivity (Wildman–Crippen MR) is 43.7 cm³/mol. The van der Waals surface area contributed by atoms with E-state index in [9.17, 15) is 0 Å². The standard InChI is InChI=1S/C9H12O2/c1-2-3-6-10-8-9-5-4-7-11-9/h2-4,7-8H,5-6H2,1H3/b3-2+,9-8-. The van der Waals surface area contributed by atoms with Gasteiger partial charge in [-0.15, -0.1) is 0 Å². The molecular weight excluding hydrogens is 140 g/mol. The van der Waals surface area contributed by atoms with E-state index in [-0.39, 0.29) is 0 Å². The van der Waals surface area contributed by atoms with E-state index in [1.165, 1.54) is 0 Å². The van der Waals surface area contributed by atoms with Gasteiger partial charge in [0.1, 0.15) is 18.6 Å². The molecule has 1 rings (SSSR count). The smallest absolute Gasteiger partial charge is 0.141 e. The molecule has 1 aliphatic rings. The fourth-order valence-electron chi connectivity index (χ4n) is 0.717. The van der Waals surface area contributed by atoms with Crippen LogP contribution in [0, 0.1) is 0 Å². The Balaban J connectivity index is 2.14. The van der Waals surface area contributed by atoms with Gasteiger partial charge in [0.25, 0.3) is 0 Å². The van der Waals surface area contributed by atoms with Crippen LogP contribution < -0.4 is 0 Å². The molecule has 2 nitrogen and oxygen atoms in total. The molecule has 0 amide bonds. The summed E-state index contributed by atoms with van der Waals surface area (Å²) in [6.45, 7) is 2.58. The minimum atomic E-state index is 0.614. The number of rotatable bonds is 3. The van der Waals surface area contributed by atoms with Gasteiger partial charge >= 0.3 is 0 Å². The summed E-state index contributed by atoms with van der Waals surface area (Å²) in [5.41, 5.74) is 0. The molecule has 0 saturated heterocycles. The van der Waals surface area contributed by atoms with Gasteiger partial charge in [0.05, 0.1) is 6.26 Å². The van der Waals surface area contributed by atoms with Crippen LogP contribution in [0.25, 0.3) is 0 Å². The lowest BCUT2D eigenvalue weighted by atomic mass is 10.4. The molecule has 0 bridgehead atoms. The van der Waals surface area contributed by atoms with E-state index < -0.39 is 0 Å². The molecule has 0 N–H and O–H groups in total. The first-order chi connectivity index (χ1) is 5.43. The molecule has 2 heteroatoms. The number of allylic oxidation sites excluding steroid dienone is 2. The summed E-state index contributed by atoms with van der Waals surface area (Å²) in [6.07, 6.45) is 10.0. The molecule has 0 radical (unpaired) electrons. The van der Waals surface area contributed by atoms with E-state index in [0.29, 0.717) is 6.61 Å². The Hall–Kier alpha value is -1.18. The molecule has 0 spiro atoms. The minimum absolute atomic E-state index is 0.614. The molecule has 0 aromatic carbocycles. The van der Waals surface area contributed by atoms with Crippen molar-refractivity contribution in [3.63, 3.8) is 0 Å². The van der Waals surface area contributed by atoms with E-state index in [4.69, 9.17) is 9.47 Å². The van der Waals surface area contributed by atoms with Crippen LogP contribution in [0.2, 0.25) is 0 Å². The Kier molecular flexibility index (Phi) is 3.32. The highest BCUT2D eigenvalue weighted by Gasteiger charge is 1.99. The molecule has 0 saturated carbocycles. The first-order valence-corrected chi connectivity index (χ1v) is 3.67. The molecule has 1 aliphatic heterocycles. The zero-order valence-corrected chi connectivity index (χ0v) is 6.62. The van der Waals surface area contributed by atoms with Gasteiger partial charge in [0, 0.05) is 6.42 Å². The van der Waals surface area contributed by atoms with Crippen molar-refractivity contribution in [1.82, 2.24) is 0 Å². The van der Waals surface area contributed by atoms with E-state index in [2.05, 4.69) is 0 Å². The van der Waals surface area contributed by atoms with Crippen LogP contribution in [0.3, 0.4) is 0 Å². The molecular formula is C9H12O2. The Morgan fingerprint density at radius 2 is 2.64 bits per heavy atom. The monoisotopic (exact) mass is 152 g/mol. The third kappa shape index (κ3) is 2.94. The summed E-state index contributed by atoms with van der Waals surface area (Å²) in [5, 5.41) is 0. The average molecular weight is 152 g/mol. The van der Waals surface area contributed by atoms with Gasteiger partial charge in [-0.05, 0) is 13.0 Å². The zero-order chi connectivity index (χ0) is 7.94. The number of ether oxygens (including phenoxy) is 2. The lowest BCUT2D eigenvalue weighted by Crippen LogP contribution is -1.84. The number of hydrogen-bond acceptors (Lipinski definition) is 2. The highest BCUT2D eigenvalue weighted by molar-refractivity contribution is 5.03. The van der Waals surface area contributed by atoms with Crippen molar-refractivity contribution in [1.29, 1.82) is 0 Å². The summed E-state index contributed by atoms with van der Waals surface area (Å²) >= 11 is 0. The minimum Gasteiger partial charge on any atom is -0.494 e. The predicted octanol–water partition coefficient (Wildman–Crippen LogP) is 2.35. The Labute approximate surface area is 66.8 Å². The Morgan fingerprint density at radius 3 is 3.27 bits per heavy atom. The fraction of sp³-hybridized carbons (Fsp3) is 0.333. The van der Waals surface area contributed by atoms with E-state index in [1.54, 1.807) is 12.5 Å². The fourth-order valence-corrected chi connectivity index (χ4v) is 0.717. The molecule has 1 heterocycles. The molecule has 0 aromatic heterocycles. The third-order valence-electron chi connectivity index (χ3n) is 1.28. The van der Waals surface area contributed by atoms with Gasteiger partial charge in [0.2, 0.25) is 0 Å². The van der Waals surface area contributed by atoms with Gasteiger partial charge in [-0.2, -0.15) is 0 Å². The van der Waals surface area contributed by atoms with E-state index in [0.717, 1.165) is 12.2 Å². The zero-order valence-electron chi connectivity index (χ0n) is 6.62. The van der Waals surface area contributed by atoms with Crippen molar-refractivity contribution in [2.45, 2.75) is 13.3 Å². The van der Waals surface area contributed by atoms with Crippen LogP contribution in [0.15, 0.2) is 36.5 Å². The van der Waals surface area contributed by atoms with Crippen LogP contribution in [0.1, 0.15) is 13.3 Å². The van der Waals surface area contributed by atoms with Crippen LogP contribution in [-0.2, 0) is 9.47 Å². The van der Waals surface area contributed by atoms with Gasteiger partial charge in [-0.25, -0.2) is 0 Å². The summed E-state index contributed by atoms with van der Waals surface area (Å²) < 4.78 is 10.2. The third-order valence-corrected chi connectivity index (χ3v) is 1.28. The molecule has 11 heavy (non-hydrogen) atoms. The lowest BCUT2D eigenvalue weighted by molar-refractivity contribution is 0.255. The van der Waals surface area contributed by atoms with Crippen molar-refractivity contribution in [3.8, 4) is 0 Å². The van der Waals surface area contributed by atoms with Crippen LogP contribution in [0.5, 0.6) is 0 Å². The lowest BCUT2D eigenvalue weighted by Gasteiger charge is -1.97. The quantitative estimate of drug-likeness (QED) is 0.351. The SMILES string of the molecule is C/C=C/CO/C=C1/CC=CO1. The maximum Gasteiger partial charge on any atom is 0.141 e. The summed E-state index contributed by atoms with van der Waals surface area (Å²) in [6, 6.07) is 0. The number of hydrogen-bond donors (Lipinski definition) is 0. The summed E-state index contributed by atoms with van der Waals surface area (Å²) in [4.78, 5) is 0. The molecule has 0 aromatic rings. The maximum absolute atomic E-state index is 5.14. The van der Waals surface area contributed by atoms with E-state index in [1.807, 2.05) is 25.2 Å². The van der Waals surface area contributed by atoms with Crippen LogP contribution in [0.4, 0.5) is 0 Å². The molecule has 60 valence electrons. The molecule has 0 fully saturated rings. The Bertz CT molecular complexity index is 180. The highest BCUT2D eigenvalue weighted by atomic mass is 16.5. The maximum atomic E-state index is 5.14. The first-order valence-electron chi connectivity index (χ1n) is 3.67. The second-order valence-corrected chi connectivity index (χ2v) is 2.18. The van der Waals surface area contributed by atoms with Gasteiger partial charge in [0.15, 0.2) is 0 Å². The summed E-state index contributed by atoms with van der Waals surface area (Å²) in [7, 11) is 0. The second-order valence-electron chi connectivity index (χ2n) is 2.18. The van der Waals surface area contributed by atoms with E-state index >= 15 is 0 Å². The average Bonchev–Trinajstić information content (AvgIpc) is 2.50. The first kappa shape index (κ1) is 7.92. The largest absolute Gasteiger partial charge is 0.494 e. The van der Waals surface area contributed by atoms with Gasteiger partial charge in [-0.1, -0.05) is 12.2 Å². The molecule has 0 atom stereocenters. The van der Waals surface area contributed by atoms with Crippen LogP contribution >= 0.6 is 0 Å². The highest BCUT2D eigenvalue weighted by Crippen LogP contribution is 2.12. The topological polar surface area (TPSA) is 18.5 Å². The summed E-state index contributed by atoms with van der Waals surface area (Å²) in [5.74, 6) is 0.870.